The summed E-state index contributed by atoms with van der Waals surface area (Å²) in [5.41, 5.74) is 1.95. The molecule has 0 aliphatic rings. The van der Waals surface area contributed by atoms with Gasteiger partial charge >= 0.3 is 0 Å². The summed E-state index contributed by atoms with van der Waals surface area (Å²) < 4.78 is 14.7. The molecule has 2 N–H and O–H groups in total. The fourth-order valence-electron chi connectivity index (χ4n) is 2.55. The van der Waals surface area contributed by atoms with Crippen molar-refractivity contribution < 1.29 is 4.39 Å². The quantitative estimate of drug-likeness (QED) is 0.583. The third-order valence-corrected chi connectivity index (χ3v) is 4.64. The molecular weight excluding hydrogens is 311 g/mol. The van der Waals surface area contributed by atoms with Gasteiger partial charge in [0.25, 0.3) is 0 Å². The first-order valence-corrected chi connectivity index (χ1v) is 8.04. The molecule has 3 heterocycles. The number of pyridine rings is 1. The fourth-order valence-corrected chi connectivity index (χ4v) is 3.48. The normalized spacial score (nSPS) is 11.0. The number of rotatable bonds is 4. The van der Waals surface area contributed by atoms with Crippen LogP contribution in [0.5, 0.6) is 0 Å². The van der Waals surface area contributed by atoms with Gasteiger partial charge in [0.05, 0.1) is 5.56 Å². The van der Waals surface area contributed by atoms with Crippen molar-refractivity contribution in [2.45, 2.75) is 6.54 Å². The van der Waals surface area contributed by atoms with Crippen LogP contribution in [0.25, 0.3) is 21.5 Å². The lowest BCUT2D eigenvalue weighted by atomic mass is 10.1. The first-order chi connectivity index (χ1) is 11.3. The number of aromatic amines is 1. The Labute approximate surface area is 136 Å². The molecule has 23 heavy (non-hydrogen) atoms. The van der Waals surface area contributed by atoms with Crippen molar-refractivity contribution in [3.63, 3.8) is 0 Å². The predicted molar refractivity (Wildman–Crippen MR) is 90.9 cm³/mol. The van der Waals surface area contributed by atoms with Gasteiger partial charge in [-0.05, 0) is 35.2 Å². The summed E-state index contributed by atoms with van der Waals surface area (Å²) in [6.45, 7) is 0.571. The number of hydrogen-bond acceptors (Lipinski definition) is 4. The third kappa shape index (κ3) is 2.57. The Morgan fingerprint density at radius 2 is 2.09 bits per heavy atom. The average molecular weight is 324 g/mol. The van der Waals surface area contributed by atoms with E-state index in [4.69, 9.17) is 0 Å². The van der Waals surface area contributed by atoms with Crippen molar-refractivity contribution >= 4 is 27.2 Å². The Balaban J connectivity index is 1.65. The van der Waals surface area contributed by atoms with E-state index in [2.05, 4.69) is 20.3 Å². The lowest BCUT2D eigenvalue weighted by molar-refractivity contribution is 0.640. The standard InChI is InChI=1S/C17H13FN4S/c18-14-4-3-11(15-12(14)5-9-23-15)10-22-17-13(2-1-6-19-17)16-20-7-8-21-16/h1-9H,10H2,(H,19,22)(H,20,21). The SMILES string of the molecule is Fc1ccc(CNc2ncccc2-c2ncc[nH]2)c2sccc12. The van der Waals surface area contributed by atoms with Crippen LogP contribution in [-0.2, 0) is 6.54 Å². The van der Waals surface area contributed by atoms with Crippen molar-refractivity contribution in [1.29, 1.82) is 0 Å². The van der Waals surface area contributed by atoms with Crippen LogP contribution >= 0.6 is 11.3 Å². The van der Waals surface area contributed by atoms with Gasteiger partial charge in [0.2, 0.25) is 0 Å². The second-order valence-corrected chi connectivity index (χ2v) is 5.98. The van der Waals surface area contributed by atoms with Gasteiger partial charge in [-0.3, -0.25) is 0 Å². The number of halogens is 1. The van der Waals surface area contributed by atoms with E-state index in [1.54, 1.807) is 29.9 Å². The van der Waals surface area contributed by atoms with E-state index in [1.807, 2.05) is 29.6 Å². The Morgan fingerprint density at radius 1 is 1.13 bits per heavy atom. The summed E-state index contributed by atoms with van der Waals surface area (Å²) in [4.78, 5) is 11.8. The summed E-state index contributed by atoms with van der Waals surface area (Å²) in [5, 5.41) is 5.91. The molecule has 3 aromatic heterocycles. The zero-order valence-electron chi connectivity index (χ0n) is 12.1. The minimum atomic E-state index is -0.181. The number of H-pyrrole nitrogens is 1. The van der Waals surface area contributed by atoms with Gasteiger partial charge in [0.1, 0.15) is 17.5 Å². The van der Waals surface area contributed by atoms with Crippen LogP contribution in [0.4, 0.5) is 10.2 Å². The van der Waals surface area contributed by atoms with E-state index in [9.17, 15) is 4.39 Å². The highest BCUT2D eigenvalue weighted by Crippen LogP contribution is 2.29. The van der Waals surface area contributed by atoms with E-state index >= 15 is 0 Å². The number of nitrogens with zero attached hydrogens (tertiary/aromatic N) is 2. The van der Waals surface area contributed by atoms with Gasteiger partial charge < -0.3 is 10.3 Å². The van der Waals surface area contributed by atoms with E-state index in [-0.39, 0.29) is 5.82 Å². The summed E-state index contributed by atoms with van der Waals surface area (Å²) in [7, 11) is 0. The van der Waals surface area contributed by atoms with Crippen LogP contribution in [0, 0.1) is 5.82 Å². The lowest BCUT2D eigenvalue weighted by Gasteiger charge is -2.10. The van der Waals surface area contributed by atoms with E-state index in [0.717, 1.165) is 27.5 Å². The van der Waals surface area contributed by atoms with Gasteiger partial charge in [-0.1, -0.05) is 6.07 Å². The second-order valence-electron chi connectivity index (χ2n) is 5.06. The molecule has 0 unspecified atom stereocenters. The molecule has 114 valence electrons. The molecule has 0 aliphatic heterocycles. The maximum atomic E-state index is 13.8. The Kier molecular flexibility index (Phi) is 3.51. The first-order valence-electron chi connectivity index (χ1n) is 7.16. The van der Waals surface area contributed by atoms with E-state index < -0.39 is 0 Å². The number of aromatic nitrogens is 3. The predicted octanol–water partition coefficient (Wildman–Crippen LogP) is 4.44. The molecule has 0 atom stereocenters. The van der Waals surface area contributed by atoms with Crippen LogP contribution < -0.4 is 5.32 Å². The number of benzene rings is 1. The van der Waals surface area contributed by atoms with Crippen LogP contribution in [0.15, 0.2) is 54.3 Å². The fraction of sp³-hybridized carbons (Fsp3) is 0.0588. The molecule has 6 heteroatoms. The molecule has 4 rings (SSSR count). The molecule has 4 aromatic rings. The molecule has 0 aliphatic carbocycles. The van der Waals surface area contributed by atoms with Crippen molar-refractivity contribution in [3.05, 3.63) is 65.7 Å². The number of thiophene rings is 1. The van der Waals surface area contributed by atoms with Gasteiger partial charge in [-0.15, -0.1) is 11.3 Å². The number of hydrogen-bond donors (Lipinski definition) is 2. The topological polar surface area (TPSA) is 53.6 Å². The maximum absolute atomic E-state index is 13.8. The zero-order valence-corrected chi connectivity index (χ0v) is 12.9. The molecule has 4 nitrogen and oxygen atoms in total. The summed E-state index contributed by atoms with van der Waals surface area (Å²) in [6.07, 6.45) is 5.22. The molecule has 0 radical (unpaired) electrons. The number of anilines is 1. The second kappa shape index (κ2) is 5.81. The lowest BCUT2D eigenvalue weighted by Crippen LogP contribution is -2.03. The molecule has 0 bridgehead atoms. The first kappa shape index (κ1) is 13.9. The molecule has 0 amide bonds. The van der Waals surface area contributed by atoms with Crippen LogP contribution in [-0.4, -0.2) is 15.0 Å². The molecule has 1 aromatic carbocycles. The van der Waals surface area contributed by atoms with E-state index in [0.29, 0.717) is 11.9 Å². The molecule has 0 saturated carbocycles. The van der Waals surface area contributed by atoms with Crippen molar-refractivity contribution in [1.82, 2.24) is 15.0 Å². The average Bonchev–Trinajstić information content (AvgIpc) is 3.27. The molecule has 0 fully saturated rings. The largest absolute Gasteiger partial charge is 0.365 e. The van der Waals surface area contributed by atoms with E-state index in [1.165, 1.54) is 6.07 Å². The van der Waals surface area contributed by atoms with Gasteiger partial charge in [0.15, 0.2) is 0 Å². The highest BCUT2D eigenvalue weighted by molar-refractivity contribution is 7.17. The number of imidazole rings is 1. The van der Waals surface area contributed by atoms with Crippen LogP contribution in [0.2, 0.25) is 0 Å². The van der Waals surface area contributed by atoms with Gasteiger partial charge in [-0.25, -0.2) is 14.4 Å². The monoisotopic (exact) mass is 324 g/mol. The van der Waals surface area contributed by atoms with Gasteiger partial charge in [-0.2, -0.15) is 0 Å². The molecule has 0 spiro atoms. The van der Waals surface area contributed by atoms with Crippen molar-refractivity contribution in [3.8, 4) is 11.4 Å². The minimum Gasteiger partial charge on any atom is -0.365 e. The molecule has 0 saturated heterocycles. The van der Waals surface area contributed by atoms with Crippen molar-refractivity contribution in [2.24, 2.45) is 0 Å². The van der Waals surface area contributed by atoms with Crippen molar-refractivity contribution in [2.75, 3.05) is 5.32 Å². The summed E-state index contributed by atoms with van der Waals surface area (Å²) in [5.74, 6) is 1.33. The Bertz CT molecular complexity index is 946. The highest BCUT2D eigenvalue weighted by Gasteiger charge is 2.10. The Morgan fingerprint density at radius 3 is 2.96 bits per heavy atom. The van der Waals surface area contributed by atoms with Crippen LogP contribution in [0.1, 0.15) is 5.56 Å². The molecular formula is C17H13FN4S. The van der Waals surface area contributed by atoms with Crippen LogP contribution in [0.3, 0.4) is 0 Å². The highest BCUT2D eigenvalue weighted by atomic mass is 32.1. The summed E-state index contributed by atoms with van der Waals surface area (Å²) >= 11 is 1.55. The smallest absolute Gasteiger partial charge is 0.141 e. The third-order valence-electron chi connectivity index (χ3n) is 3.65. The summed E-state index contributed by atoms with van der Waals surface area (Å²) in [6, 6.07) is 8.97. The maximum Gasteiger partial charge on any atom is 0.141 e. The van der Waals surface area contributed by atoms with Gasteiger partial charge in [0, 0.05) is 35.2 Å². The Hall–Kier alpha value is -2.73. The minimum absolute atomic E-state index is 0.181. The number of nitrogens with one attached hydrogen (secondary N) is 2. The zero-order chi connectivity index (χ0) is 15.6. The number of fused-ring (bicyclic) bond motifs is 1.